The molecule has 1 fully saturated rings. The minimum absolute atomic E-state index is 0.183. The van der Waals surface area contributed by atoms with E-state index in [2.05, 4.69) is 5.10 Å². The third-order valence-corrected chi connectivity index (χ3v) is 5.16. The Morgan fingerprint density at radius 1 is 1.17 bits per heavy atom. The predicted octanol–water partition coefficient (Wildman–Crippen LogP) is 3.47. The van der Waals surface area contributed by atoms with Crippen LogP contribution in [0.5, 0.6) is 5.75 Å². The fourth-order valence-corrected chi connectivity index (χ4v) is 3.50. The van der Waals surface area contributed by atoms with E-state index in [0.717, 1.165) is 6.42 Å². The molecule has 5 nitrogen and oxygen atoms in total. The highest BCUT2D eigenvalue weighted by Gasteiger charge is 2.41. The van der Waals surface area contributed by atoms with E-state index in [1.165, 1.54) is 31.4 Å². The minimum atomic E-state index is -4.66. The lowest BCUT2D eigenvalue weighted by molar-refractivity contribution is -0.0640. The molecule has 1 saturated carbocycles. The minimum Gasteiger partial charge on any atom is -0.497 e. The molecule has 0 bridgehead atoms. The number of alkyl halides is 3. The molecule has 0 atom stereocenters. The van der Waals surface area contributed by atoms with Crippen molar-refractivity contribution in [2.24, 2.45) is 11.0 Å². The molecule has 0 heterocycles. The van der Waals surface area contributed by atoms with Gasteiger partial charge in [0, 0.05) is 5.92 Å². The van der Waals surface area contributed by atoms with Crippen LogP contribution in [0.15, 0.2) is 34.3 Å². The molecule has 0 amide bonds. The first-order valence-electron chi connectivity index (χ1n) is 7.54. The summed E-state index contributed by atoms with van der Waals surface area (Å²) in [5, 5.41) is 3.23. The lowest BCUT2D eigenvalue weighted by atomic mass is 9.85. The summed E-state index contributed by atoms with van der Waals surface area (Å²) < 4.78 is 68.7. The van der Waals surface area contributed by atoms with Gasteiger partial charge in [-0.25, -0.2) is 0 Å². The van der Waals surface area contributed by atoms with Crippen molar-refractivity contribution < 1.29 is 26.3 Å². The zero-order valence-electron chi connectivity index (χ0n) is 13.1. The Balaban J connectivity index is 2.22. The Morgan fingerprint density at radius 2 is 1.75 bits per heavy atom. The Bertz CT molecular complexity index is 679. The first-order chi connectivity index (χ1) is 11.2. The smallest absolute Gasteiger partial charge is 0.431 e. The summed E-state index contributed by atoms with van der Waals surface area (Å²) in [6.45, 7) is 0. The highest BCUT2D eigenvalue weighted by molar-refractivity contribution is 7.89. The lowest BCUT2D eigenvalue weighted by Gasteiger charge is -2.24. The monoisotopic (exact) mass is 364 g/mol. The summed E-state index contributed by atoms with van der Waals surface area (Å²) >= 11 is 0. The molecule has 134 valence electrons. The average molecular weight is 364 g/mol. The number of benzene rings is 1. The number of ether oxygens (including phenoxy) is 1. The van der Waals surface area contributed by atoms with E-state index < -0.39 is 27.8 Å². The summed E-state index contributed by atoms with van der Waals surface area (Å²) in [5.41, 5.74) is -1.06. The van der Waals surface area contributed by atoms with Crippen LogP contribution in [0.1, 0.15) is 32.1 Å². The Hall–Kier alpha value is -1.77. The van der Waals surface area contributed by atoms with Crippen LogP contribution in [0.25, 0.3) is 0 Å². The van der Waals surface area contributed by atoms with Crippen molar-refractivity contribution in [2.45, 2.75) is 43.2 Å². The Morgan fingerprint density at radius 3 is 2.25 bits per heavy atom. The molecule has 1 aromatic rings. The fraction of sp³-hybridized carbons (Fsp3) is 0.533. The Labute approximate surface area is 138 Å². The largest absolute Gasteiger partial charge is 0.497 e. The predicted molar refractivity (Wildman–Crippen MR) is 83.4 cm³/mol. The Kier molecular flexibility index (Phi) is 5.74. The second-order valence-electron chi connectivity index (χ2n) is 5.60. The van der Waals surface area contributed by atoms with E-state index in [1.807, 2.05) is 0 Å². The number of hydrogen-bond acceptors (Lipinski definition) is 4. The van der Waals surface area contributed by atoms with Crippen LogP contribution in [0, 0.1) is 5.92 Å². The van der Waals surface area contributed by atoms with Crippen molar-refractivity contribution in [2.75, 3.05) is 7.11 Å². The molecule has 9 heteroatoms. The van der Waals surface area contributed by atoms with Crippen molar-refractivity contribution in [3.05, 3.63) is 24.3 Å². The zero-order chi connectivity index (χ0) is 17.8. The third kappa shape index (κ3) is 4.62. The average Bonchev–Trinajstić information content (AvgIpc) is 2.54. The number of methoxy groups -OCH3 is 1. The second-order valence-corrected chi connectivity index (χ2v) is 7.26. The third-order valence-electron chi connectivity index (χ3n) is 3.94. The van der Waals surface area contributed by atoms with Gasteiger partial charge in [0.2, 0.25) is 0 Å². The van der Waals surface area contributed by atoms with Gasteiger partial charge in [-0.2, -0.15) is 31.5 Å². The molecule has 2 rings (SSSR count). The fourth-order valence-electron chi connectivity index (χ4n) is 2.68. The summed E-state index contributed by atoms with van der Waals surface area (Å²) in [5.74, 6) is -0.326. The van der Waals surface area contributed by atoms with Crippen LogP contribution in [0.2, 0.25) is 0 Å². The first kappa shape index (κ1) is 18.6. The quantitative estimate of drug-likeness (QED) is 0.643. The van der Waals surface area contributed by atoms with Crippen LogP contribution in [0.3, 0.4) is 0 Å². The number of nitrogens with one attached hydrogen (secondary N) is 1. The van der Waals surface area contributed by atoms with Gasteiger partial charge in [0.15, 0.2) is 0 Å². The molecule has 24 heavy (non-hydrogen) atoms. The topological polar surface area (TPSA) is 67.8 Å². The molecule has 1 aliphatic carbocycles. The second kappa shape index (κ2) is 7.42. The molecule has 1 aliphatic rings. The van der Waals surface area contributed by atoms with Gasteiger partial charge in [-0.3, -0.25) is 0 Å². The SMILES string of the molecule is COc1ccc(S(=O)(=O)N/N=C(/C2CCCCC2)C(F)(F)F)cc1. The van der Waals surface area contributed by atoms with E-state index in [4.69, 9.17) is 4.74 Å². The molecule has 0 saturated heterocycles. The summed E-state index contributed by atoms with van der Waals surface area (Å²) in [7, 11) is -2.75. The maximum atomic E-state index is 13.2. The summed E-state index contributed by atoms with van der Waals surface area (Å²) in [6, 6.07) is 5.29. The van der Waals surface area contributed by atoms with Crippen LogP contribution in [-0.4, -0.2) is 27.4 Å². The maximum Gasteiger partial charge on any atom is 0.431 e. The molecule has 0 spiro atoms. The molecular weight excluding hydrogens is 345 g/mol. The van der Waals surface area contributed by atoms with E-state index >= 15 is 0 Å². The molecule has 1 N–H and O–H groups in total. The zero-order valence-corrected chi connectivity index (χ0v) is 14.0. The lowest BCUT2D eigenvalue weighted by Crippen LogP contribution is -2.35. The molecule has 1 aromatic carbocycles. The van der Waals surface area contributed by atoms with E-state index in [1.54, 1.807) is 4.83 Å². The van der Waals surface area contributed by atoms with Crippen LogP contribution >= 0.6 is 0 Å². The van der Waals surface area contributed by atoms with Gasteiger partial charge in [-0.15, -0.1) is 0 Å². The number of halogens is 3. The van der Waals surface area contributed by atoms with Gasteiger partial charge in [-0.1, -0.05) is 19.3 Å². The van der Waals surface area contributed by atoms with Crippen molar-refractivity contribution in [1.29, 1.82) is 0 Å². The van der Waals surface area contributed by atoms with Crippen LogP contribution in [0.4, 0.5) is 13.2 Å². The molecule has 0 radical (unpaired) electrons. The van der Waals surface area contributed by atoms with E-state index in [0.29, 0.717) is 31.4 Å². The van der Waals surface area contributed by atoms with Gasteiger partial charge in [0.25, 0.3) is 10.0 Å². The highest BCUT2D eigenvalue weighted by atomic mass is 32.2. The maximum absolute atomic E-state index is 13.2. The van der Waals surface area contributed by atoms with Crippen molar-refractivity contribution >= 4 is 15.7 Å². The highest BCUT2D eigenvalue weighted by Crippen LogP contribution is 2.32. The summed E-state index contributed by atoms with van der Waals surface area (Å²) in [4.78, 5) is 1.53. The van der Waals surface area contributed by atoms with Gasteiger partial charge in [-0.05, 0) is 37.1 Å². The molecular formula is C15H19F3N2O3S. The van der Waals surface area contributed by atoms with Crippen LogP contribution in [-0.2, 0) is 10.0 Å². The van der Waals surface area contributed by atoms with Crippen molar-refractivity contribution in [3.63, 3.8) is 0 Å². The van der Waals surface area contributed by atoms with Crippen molar-refractivity contribution in [3.8, 4) is 5.75 Å². The number of rotatable bonds is 5. The summed E-state index contributed by atoms with van der Waals surface area (Å²) in [6.07, 6.45) is -1.68. The number of sulfonamides is 1. The number of nitrogens with zero attached hydrogens (tertiary/aromatic N) is 1. The standard InChI is InChI=1S/C15H19F3N2O3S/c1-23-12-7-9-13(10-8-12)24(21,22)20-19-14(15(16,17)18)11-5-3-2-4-6-11/h7-11,20H,2-6H2,1H3/b19-14-. The molecule has 0 aliphatic heterocycles. The van der Waals surface area contributed by atoms with Crippen LogP contribution < -0.4 is 9.57 Å². The van der Waals surface area contributed by atoms with Gasteiger partial charge < -0.3 is 4.74 Å². The van der Waals surface area contributed by atoms with E-state index in [-0.39, 0.29) is 4.90 Å². The van der Waals surface area contributed by atoms with E-state index in [9.17, 15) is 21.6 Å². The first-order valence-corrected chi connectivity index (χ1v) is 9.03. The normalized spacial score (nSPS) is 17.6. The van der Waals surface area contributed by atoms with Gasteiger partial charge in [0.1, 0.15) is 11.5 Å². The number of hydrogen-bond donors (Lipinski definition) is 1. The van der Waals surface area contributed by atoms with Crippen molar-refractivity contribution in [1.82, 2.24) is 4.83 Å². The van der Waals surface area contributed by atoms with Gasteiger partial charge in [0.05, 0.1) is 12.0 Å². The number of hydrazone groups is 1. The van der Waals surface area contributed by atoms with Gasteiger partial charge >= 0.3 is 6.18 Å². The molecule has 0 aromatic heterocycles. The molecule has 0 unspecified atom stereocenters.